The van der Waals surface area contributed by atoms with Gasteiger partial charge in [0.05, 0.1) is 5.69 Å². The number of nitrogens with zero attached hydrogens (tertiary/aromatic N) is 2. The summed E-state index contributed by atoms with van der Waals surface area (Å²) in [6.45, 7) is 7.18. The van der Waals surface area contributed by atoms with E-state index in [4.69, 9.17) is 0 Å². The fourth-order valence-corrected chi connectivity index (χ4v) is 2.07. The van der Waals surface area contributed by atoms with Crippen LogP contribution in [0.5, 0.6) is 0 Å². The largest absolute Gasteiger partial charge is 0.351 e. The Kier molecular flexibility index (Phi) is 4.37. The quantitative estimate of drug-likeness (QED) is 0.903. The number of nitrogens with one attached hydrogen (secondary N) is 1. The van der Waals surface area contributed by atoms with Gasteiger partial charge in [-0.05, 0) is 31.0 Å². The van der Waals surface area contributed by atoms with E-state index in [0.29, 0.717) is 17.4 Å². The van der Waals surface area contributed by atoms with Gasteiger partial charge >= 0.3 is 0 Å². The summed E-state index contributed by atoms with van der Waals surface area (Å²) >= 11 is 0. The Labute approximate surface area is 117 Å². The van der Waals surface area contributed by atoms with E-state index in [1.807, 2.05) is 17.7 Å². The van der Waals surface area contributed by atoms with Gasteiger partial charge in [0.1, 0.15) is 11.6 Å². The van der Waals surface area contributed by atoms with Crippen molar-refractivity contribution in [2.45, 2.75) is 33.9 Å². The van der Waals surface area contributed by atoms with Crippen molar-refractivity contribution in [3.63, 3.8) is 0 Å². The highest BCUT2D eigenvalue weighted by molar-refractivity contribution is 5.31. The van der Waals surface area contributed by atoms with E-state index in [0.717, 1.165) is 24.4 Å². The predicted molar refractivity (Wildman–Crippen MR) is 75.5 cm³/mol. The maximum absolute atomic E-state index is 13.6. The van der Waals surface area contributed by atoms with Crippen molar-refractivity contribution in [3.8, 4) is 0 Å². The molecule has 20 heavy (non-hydrogen) atoms. The first-order chi connectivity index (χ1) is 9.45. The minimum Gasteiger partial charge on any atom is -0.351 e. The summed E-state index contributed by atoms with van der Waals surface area (Å²) in [6, 6.07) is 3.45. The van der Waals surface area contributed by atoms with Gasteiger partial charge in [-0.25, -0.2) is 13.8 Å². The number of rotatable bonds is 5. The van der Waals surface area contributed by atoms with Gasteiger partial charge in [0, 0.05) is 24.8 Å². The van der Waals surface area contributed by atoms with Crippen LogP contribution in [0.2, 0.25) is 0 Å². The second kappa shape index (κ2) is 6.03. The van der Waals surface area contributed by atoms with Crippen molar-refractivity contribution in [1.29, 1.82) is 0 Å². The molecule has 0 radical (unpaired) electrons. The fourth-order valence-electron chi connectivity index (χ4n) is 2.07. The first-order valence-corrected chi connectivity index (χ1v) is 6.67. The highest BCUT2D eigenvalue weighted by Gasteiger charge is 2.09. The van der Waals surface area contributed by atoms with E-state index in [1.165, 1.54) is 6.07 Å². The Hall–Kier alpha value is -1.91. The maximum atomic E-state index is 13.6. The van der Waals surface area contributed by atoms with Crippen LogP contribution in [0.3, 0.4) is 0 Å². The highest BCUT2D eigenvalue weighted by atomic mass is 19.1. The number of aryl methyl sites for hydroxylation is 1. The molecule has 0 unspecified atom stereocenters. The number of hydrogen-bond donors (Lipinski definition) is 1. The Morgan fingerprint density at radius 2 is 2.05 bits per heavy atom. The molecule has 0 aliphatic heterocycles. The van der Waals surface area contributed by atoms with Gasteiger partial charge in [-0.3, -0.25) is 0 Å². The van der Waals surface area contributed by atoms with Gasteiger partial charge in [-0.15, -0.1) is 0 Å². The third kappa shape index (κ3) is 3.56. The first kappa shape index (κ1) is 14.5. The highest BCUT2D eigenvalue weighted by Crippen LogP contribution is 2.15. The molecule has 0 spiro atoms. The zero-order valence-corrected chi connectivity index (χ0v) is 12.0. The molecule has 0 aliphatic rings. The summed E-state index contributed by atoms with van der Waals surface area (Å²) in [5.41, 5.74) is 1.19. The number of aromatic nitrogens is 2. The zero-order chi connectivity index (χ0) is 14.7. The SMILES string of the molecule is Cc1cn(CC(C)C)c(NCc2cc(F)ccc2F)n1. The Morgan fingerprint density at radius 3 is 2.75 bits per heavy atom. The molecule has 2 rings (SSSR count). The monoisotopic (exact) mass is 279 g/mol. The van der Waals surface area contributed by atoms with Crippen LogP contribution >= 0.6 is 0 Å². The van der Waals surface area contributed by atoms with Crippen LogP contribution in [0.15, 0.2) is 24.4 Å². The second-order valence-corrected chi connectivity index (χ2v) is 5.34. The van der Waals surface area contributed by atoms with Crippen LogP contribution in [-0.2, 0) is 13.1 Å². The molecule has 5 heteroatoms. The summed E-state index contributed by atoms with van der Waals surface area (Å²) in [5, 5.41) is 3.07. The van der Waals surface area contributed by atoms with E-state index in [2.05, 4.69) is 24.1 Å². The number of benzene rings is 1. The van der Waals surface area contributed by atoms with Crippen LogP contribution in [0.4, 0.5) is 14.7 Å². The van der Waals surface area contributed by atoms with Gasteiger partial charge < -0.3 is 9.88 Å². The van der Waals surface area contributed by atoms with Crippen molar-refractivity contribution < 1.29 is 8.78 Å². The summed E-state index contributed by atoms with van der Waals surface area (Å²) in [7, 11) is 0. The molecular formula is C15H19F2N3. The maximum Gasteiger partial charge on any atom is 0.203 e. The Balaban J connectivity index is 2.12. The average molecular weight is 279 g/mol. The Bertz CT molecular complexity index is 591. The molecule has 108 valence electrons. The molecule has 2 aromatic rings. The van der Waals surface area contributed by atoms with Crippen LogP contribution in [0.25, 0.3) is 0 Å². The smallest absolute Gasteiger partial charge is 0.203 e. The lowest BCUT2D eigenvalue weighted by molar-refractivity contribution is 0.525. The minimum atomic E-state index is -0.440. The molecule has 1 aromatic carbocycles. The Morgan fingerprint density at radius 1 is 1.30 bits per heavy atom. The molecule has 0 saturated heterocycles. The average Bonchev–Trinajstić information content (AvgIpc) is 2.70. The lowest BCUT2D eigenvalue weighted by atomic mass is 10.2. The third-order valence-corrected chi connectivity index (χ3v) is 2.90. The molecule has 0 bridgehead atoms. The van der Waals surface area contributed by atoms with Gasteiger partial charge in [-0.2, -0.15) is 0 Å². The van der Waals surface area contributed by atoms with E-state index in [9.17, 15) is 8.78 Å². The van der Waals surface area contributed by atoms with Crippen LogP contribution in [0, 0.1) is 24.5 Å². The third-order valence-electron chi connectivity index (χ3n) is 2.90. The zero-order valence-electron chi connectivity index (χ0n) is 12.0. The summed E-state index contributed by atoms with van der Waals surface area (Å²) < 4.78 is 28.7. The van der Waals surface area contributed by atoms with Crippen LogP contribution in [0.1, 0.15) is 25.1 Å². The van der Waals surface area contributed by atoms with Crippen molar-refractivity contribution in [3.05, 3.63) is 47.3 Å². The summed E-state index contributed by atoms with van der Waals surface area (Å²) in [4.78, 5) is 4.37. The molecule has 0 amide bonds. The molecular weight excluding hydrogens is 260 g/mol. The summed E-state index contributed by atoms with van der Waals surface area (Å²) in [6.07, 6.45) is 1.95. The topological polar surface area (TPSA) is 29.9 Å². The molecule has 0 aliphatic carbocycles. The predicted octanol–water partition coefficient (Wildman–Crippen LogP) is 3.74. The van der Waals surface area contributed by atoms with Gasteiger partial charge in [0.15, 0.2) is 0 Å². The fraction of sp³-hybridized carbons (Fsp3) is 0.400. The van der Waals surface area contributed by atoms with Gasteiger partial charge in [-0.1, -0.05) is 13.8 Å². The number of anilines is 1. The molecule has 1 N–H and O–H groups in total. The van der Waals surface area contributed by atoms with E-state index >= 15 is 0 Å². The van der Waals surface area contributed by atoms with Crippen molar-refractivity contribution in [1.82, 2.24) is 9.55 Å². The first-order valence-electron chi connectivity index (χ1n) is 6.67. The molecule has 1 heterocycles. The normalized spacial score (nSPS) is 11.1. The van der Waals surface area contributed by atoms with Crippen molar-refractivity contribution >= 4 is 5.95 Å². The van der Waals surface area contributed by atoms with Crippen LogP contribution < -0.4 is 5.32 Å². The molecule has 0 fully saturated rings. The number of halogens is 2. The number of hydrogen-bond acceptors (Lipinski definition) is 2. The van der Waals surface area contributed by atoms with Crippen LogP contribution in [-0.4, -0.2) is 9.55 Å². The van der Waals surface area contributed by atoms with Crippen molar-refractivity contribution in [2.24, 2.45) is 5.92 Å². The standard InChI is InChI=1S/C15H19F2N3/c1-10(2)8-20-9-11(3)19-15(20)18-7-12-6-13(16)4-5-14(12)17/h4-6,9-10H,7-8H2,1-3H3,(H,18,19). The lowest BCUT2D eigenvalue weighted by Crippen LogP contribution is -2.11. The van der Waals surface area contributed by atoms with Gasteiger partial charge in [0.25, 0.3) is 0 Å². The van der Waals surface area contributed by atoms with E-state index < -0.39 is 11.6 Å². The second-order valence-electron chi connectivity index (χ2n) is 5.34. The van der Waals surface area contributed by atoms with Gasteiger partial charge in [0.2, 0.25) is 5.95 Å². The molecule has 3 nitrogen and oxygen atoms in total. The lowest BCUT2D eigenvalue weighted by Gasteiger charge is -2.12. The van der Waals surface area contributed by atoms with E-state index in [-0.39, 0.29) is 6.54 Å². The molecule has 0 saturated carbocycles. The minimum absolute atomic E-state index is 0.206. The molecule has 1 aromatic heterocycles. The van der Waals surface area contributed by atoms with Crippen molar-refractivity contribution in [2.75, 3.05) is 5.32 Å². The summed E-state index contributed by atoms with van der Waals surface area (Å²) in [5.74, 6) is 0.303. The van der Waals surface area contributed by atoms with E-state index in [1.54, 1.807) is 0 Å². The molecule has 0 atom stereocenters. The number of imidazole rings is 1.